The van der Waals surface area contributed by atoms with Gasteiger partial charge in [0.2, 0.25) is 10.0 Å². The van der Waals surface area contributed by atoms with Crippen molar-refractivity contribution < 1.29 is 8.42 Å². The third-order valence-electron chi connectivity index (χ3n) is 5.37. The van der Waals surface area contributed by atoms with E-state index in [1.807, 2.05) is 7.05 Å². The number of rotatable bonds is 3. The van der Waals surface area contributed by atoms with E-state index in [0.29, 0.717) is 30.1 Å². The molecule has 24 heavy (non-hydrogen) atoms. The number of guanidine groups is 1. The van der Waals surface area contributed by atoms with E-state index in [4.69, 9.17) is 0 Å². The minimum atomic E-state index is -3.00. The first-order valence-electron chi connectivity index (χ1n) is 9.12. The molecule has 0 aromatic carbocycles. The fraction of sp³-hybridized carbons (Fsp3) is 0.938. The smallest absolute Gasteiger partial charge is 0.214 e. The predicted molar refractivity (Wildman–Crippen MR) is 101 cm³/mol. The first kappa shape index (κ1) is 18.3. The molecule has 0 unspecified atom stereocenters. The van der Waals surface area contributed by atoms with Crippen molar-refractivity contribution in [2.24, 2.45) is 4.99 Å². The zero-order chi connectivity index (χ0) is 17.0. The predicted octanol–water partition coefficient (Wildman–Crippen LogP) is 1.35. The Morgan fingerprint density at radius 2 is 2.00 bits per heavy atom. The molecule has 6 nitrogen and oxygen atoms in total. The summed E-state index contributed by atoms with van der Waals surface area (Å²) in [6.07, 6.45) is 7.45. The summed E-state index contributed by atoms with van der Waals surface area (Å²) >= 11 is 2.15. The Morgan fingerprint density at radius 3 is 2.67 bits per heavy atom. The number of hydrogen-bond donors (Lipinski definition) is 1. The van der Waals surface area contributed by atoms with Crippen LogP contribution >= 0.6 is 11.8 Å². The second kappa shape index (κ2) is 7.83. The van der Waals surface area contributed by atoms with Gasteiger partial charge in [-0.05, 0) is 19.3 Å². The van der Waals surface area contributed by atoms with Crippen LogP contribution in [0.5, 0.6) is 0 Å². The molecule has 1 saturated carbocycles. The van der Waals surface area contributed by atoms with E-state index in [9.17, 15) is 8.42 Å². The van der Waals surface area contributed by atoms with E-state index in [-0.39, 0.29) is 0 Å². The van der Waals surface area contributed by atoms with E-state index in [0.717, 1.165) is 31.2 Å². The second-order valence-electron chi connectivity index (χ2n) is 7.06. The van der Waals surface area contributed by atoms with Crippen LogP contribution in [0.15, 0.2) is 4.99 Å². The summed E-state index contributed by atoms with van der Waals surface area (Å²) in [5.41, 5.74) is 0. The number of hydrogen-bond acceptors (Lipinski definition) is 4. The summed E-state index contributed by atoms with van der Waals surface area (Å²) < 4.78 is 25.7. The maximum absolute atomic E-state index is 11.9. The van der Waals surface area contributed by atoms with Crippen molar-refractivity contribution >= 4 is 27.7 Å². The molecule has 138 valence electrons. The minimum absolute atomic E-state index is 0.299. The van der Waals surface area contributed by atoms with Gasteiger partial charge >= 0.3 is 0 Å². The lowest BCUT2D eigenvalue weighted by atomic mass is 9.87. The quantitative estimate of drug-likeness (QED) is 0.597. The molecule has 3 fully saturated rings. The molecule has 0 radical (unpaired) electrons. The molecule has 2 heterocycles. The highest BCUT2D eigenvalue weighted by atomic mass is 32.2. The molecular weight excluding hydrogens is 344 g/mol. The SMILES string of the molecule is CN=C(NCCN1CCCS1(=O)=O)N1CCSC2(CCCCC2)C1. The number of thioether (sulfide) groups is 1. The van der Waals surface area contributed by atoms with Gasteiger partial charge in [-0.3, -0.25) is 4.99 Å². The van der Waals surface area contributed by atoms with Crippen molar-refractivity contribution in [2.45, 2.75) is 43.3 Å². The van der Waals surface area contributed by atoms with Gasteiger partial charge < -0.3 is 10.2 Å². The van der Waals surface area contributed by atoms with Crippen LogP contribution in [0.2, 0.25) is 0 Å². The fourth-order valence-corrected chi connectivity index (χ4v) is 7.19. The largest absolute Gasteiger partial charge is 0.355 e. The summed E-state index contributed by atoms with van der Waals surface area (Å²) in [7, 11) is -1.18. The van der Waals surface area contributed by atoms with Crippen molar-refractivity contribution in [3.05, 3.63) is 0 Å². The molecule has 0 bridgehead atoms. The second-order valence-corrected chi connectivity index (χ2v) is 10.7. The average Bonchev–Trinajstić information content (AvgIpc) is 2.91. The third kappa shape index (κ3) is 4.19. The molecule has 1 spiro atoms. The van der Waals surface area contributed by atoms with Gasteiger partial charge in [-0.2, -0.15) is 11.8 Å². The summed E-state index contributed by atoms with van der Waals surface area (Å²) in [6.45, 7) is 3.91. The summed E-state index contributed by atoms with van der Waals surface area (Å²) in [4.78, 5) is 6.82. The van der Waals surface area contributed by atoms with Gasteiger partial charge in [0.15, 0.2) is 5.96 Å². The lowest BCUT2D eigenvalue weighted by molar-refractivity contribution is 0.292. The zero-order valence-electron chi connectivity index (χ0n) is 14.7. The van der Waals surface area contributed by atoms with Crippen LogP contribution in [-0.4, -0.2) is 79.6 Å². The summed E-state index contributed by atoms with van der Waals surface area (Å²) in [5.74, 6) is 2.38. The van der Waals surface area contributed by atoms with Gasteiger partial charge in [-0.25, -0.2) is 12.7 Å². The molecule has 3 aliphatic rings. The standard InChI is InChI=1S/C16H30N4O2S2/c1-17-15(18-8-10-20-9-5-13-24(20,21)22)19-11-12-23-16(14-19)6-3-2-4-7-16/h2-14H2,1H3,(H,17,18). The molecule has 1 aliphatic carbocycles. The Hall–Kier alpha value is -0.470. The normalized spacial score (nSPS) is 27.5. The van der Waals surface area contributed by atoms with Crippen molar-refractivity contribution in [1.82, 2.24) is 14.5 Å². The lowest BCUT2D eigenvalue weighted by Crippen LogP contribution is -2.54. The number of aliphatic imine (C=N–C) groups is 1. The Labute approximate surface area is 150 Å². The van der Waals surface area contributed by atoms with Crippen LogP contribution < -0.4 is 5.32 Å². The fourth-order valence-electron chi connectivity index (χ4n) is 4.09. The van der Waals surface area contributed by atoms with Crippen molar-refractivity contribution in [3.63, 3.8) is 0 Å². The van der Waals surface area contributed by atoms with Gasteiger partial charge in [0.05, 0.1) is 5.75 Å². The minimum Gasteiger partial charge on any atom is -0.355 e. The van der Waals surface area contributed by atoms with E-state index >= 15 is 0 Å². The van der Waals surface area contributed by atoms with Crippen molar-refractivity contribution in [3.8, 4) is 0 Å². The first-order valence-corrected chi connectivity index (χ1v) is 11.7. The maximum Gasteiger partial charge on any atom is 0.214 e. The van der Waals surface area contributed by atoms with Crippen LogP contribution in [0, 0.1) is 0 Å². The zero-order valence-corrected chi connectivity index (χ0v) is 16.3. The topological polar surface area (TPSA) is 65.0 Å². The van der Waals surface area contributed by atoms with Crippen molar-refractivity contribution in [2.75, 3.05) is 51.3 Å². The van der Waals surface area contributed by atoms with Crippen LogP contribution in [0.3, 0.4) is 0 Å². The Morgan fingerprint density at radius 1 is 1.21 bits per heavy atom. The molecule has 0 aromatic heterocycles. The monoisotopic (exact) mass is 374 g/mol. The van der Waals surface area contributed by atoms with E-state index in [2.05, 4.69) is 27.0 Å². The lowest BCUT2D eigenvalue weighted by Gasteiger charge is -2.45. The highest BCUT2D eigenvalue weighted by molar-refractivity contribution is 8.00. The highest BCUT2D eigenvalue weighted by Crippen LogP contribution is 2.42. The molecule has 0 atom stereocenters. The summed E-state index contributed by atoms with van der Waals surface area (Å²) in [5, 5.41) is 3.39. The van der Waals surface area contributed by atoms with Crippen LogP contribution in [-0.2, 0) is 10.0 Å². The molecule has 2 saturated heterocycles. The van der Waals surface area contributed by atoms with Crippen LogP contribution in [0.1, 0.15) is 38.5 Å². The van der Waals surface area contributed by atoms with Gasteiger partial charge in [0.1, 0.15) is 0 Å². The van der Waals surface area contributed by atoms with Gasteiger partial charge in [0.25, 0.3) is 0 Å². The van der Waals surface area contributed by atoms with E-state index in [1.165, 1.54) is 32.1 Å². The Bertz CT molecular complexity index is 553. The summed E-state index contributed by atoms with van der Waals surface area (Å²) in [6, 6.07) is 0. The molecule has 2 aliphatic heterocycles. The highest BCUT2D eigenvalue weighted by Gasteiger charge is 2.38. The van der Waals surface area contributed by atoms with Crippen LogP contribution in [0.4, 0.5) is 0 Å². The molecule has 0 amide bonds. The number of nitrogens with one attached hydrogen (secondary N) is 1. The number of nitrogens with zero attached hydrogens (tertiary/aromatic N) is 3. The molecular formula is C16H30N4O2S2. The first-order chi connectivity index (χ1) is 11.5. The Balaban J connectivity index is 1.52. The third-order valence-corrected chi connectivity index (χ3v) is 8.87. The number of sulfonamides is 1. The van der Waals surface area contributed by atoms with Crippen LogP contribution in [0.25, 0.3) is 0 Å². The van der Waals surface area contributed by atoms with Gasteiger partial charge in [-0.1, -0.05) is 19.3 Å². The van der Waals surface area contributed by atoms with E-state index in [1.54, 1.807) is 4.31 Å². The van der Waals surface area contributed by atoms with Gasteiger partial charge in [-0.15, -0.1) is 0 Å². The molecule has 0 aromatic rings. The van der Waals surface area contributed by atoms with Gasteiger partial charge in [0, 0.05) is 50.3 Å². The maximum atomic E-state index is 11.9. The molecule has 3 rings (SSSR count). The van der Waals surface area contributed by atoms with Crippen molar-refractivity contribution in [1.29, 1.82) is 0 Å². The average molecular weight is 375 g/mol. The Kier molecular flexibility index (Phi) is 5.98. The molecule has 1 N–H and O–H groups in total. The van der Waals surface area contributed by atoms with E-state index < -0.39 is 10.0 Å². The molecule has 8 heteroatoms.